The molecule has 24 heavy (non-hydrogen) atoms. The quantitative estimate of drug-likeness (QED) is 0.901. The van der Waals surface area contributed by atoms with Crippen LogP contribution in [0.25, 0.3) is 0 Å². The first-order valence-electron chi connectivity index (χ1n) is 7.56. The van der Waals surface area contributed by atoms with Crippen molar-refractivity contribution < 1.29 is 18.3 Å². The largest absolute Gasteiger partial charge is 0.480 e. The molecule has 0 aliphatic rings. The molecule has 0 amide bonds. The van der Waals surface area contributed by atoms with Crippen molar-refractivity contribution in [1.29, 1.82) is 0 Å². The second-order valence-electron chi connectivity index (χ2n) is 5.88. The van der Waals surface area contributed by atoms with Crippen molar-refractivity contribution >= 4 is 21.7 Å². The molecule has 1 N–H and O–H groups in total. The molecule has 0 bridgehead atoms. The highest BCUT2D eigenvalue weighted by Gasteiger charge is 2.35. The third kappa shape index (κ3) is 3.28. The number of carboxylic acids is 1. The normalized spacial score (nSPS) is 12.7. The second kappa shape index (κ2) is 6.65. The smallest absolute Gasteiger partial charge is 0.327 e. The van der Waals surface area contributed by atoms with Crippen LogP contribution in [0.5, 0.6) is 0 Å². The van der Waals surface area contributed by atoms with Gasteiger partial charge in [0.25, 0.3) is 10.0 Å². The number of hydrogen-bond acceptors (Lipinski definition) is 3. The molecule has 6 heteroatoms. The van der Waals surface area contributed by atoms with Crippen LogP contribution in [0, 0.1) is 20.8 Å². The third-order valence-electron chi connectivity index (χ3n) is 3.86. The van der Waals surface area contributed by atoms with Crippen molar-refractivity contribution in [2.75, 3.05) is 4.31 Å². The number of anilines is 1. The van der Waals surface area contributed by atoms with Gasteiger partial charge in [0.05, 0.1) is 10.6 Å². The van der Waals surface area contributed by atoms with Crippen LogP contribution < -0.4 is 4.31 Å². The molecule has 1 atom stereocenters. The molecule has 1 unspecified atom stereocenters. The topological polar surface area (TPSA) is 74.7 Å². The molecule has 0 aliphatic heterocycles. The highest BCUT2D eigenvalue weighted by atomic mass is 32.2. The second-order valence-corrected chi connectivity index (χ2v) is 7.69. The number of carbonyl (C=O) groups is 1. The van der Waals surface area contributed by atoms with Crippen LogP contribution in [0.1, 0.15) is 23.6 Å². The van der Waals surface area contributed by atoms with Crippen LogP contribution in [0.4, 0.5) is 5.69 Å². The molecule has 0 heterocycles. The number of aryl methyl sites for hydroxylation is 3. The molecule has 2 aromatic rings. The van der Waals surface area contributed by atoms with Gasteiger partial charge in [0.15, 0.2) is 0 Å². The zero-order chi connectivity index (χ0) is 18.1. The molecule has 2 rings (SSSR count). The van der Waals surface area contributed by atoms with E-state index in [1.54, 1.807) is 32.0 Å². The number of benzene rings is 2. The number of hydrogen-bond donors (Lipinski definition) is 1. The first-order chi connectivity index (χ1) is 11.2. The minimum absolute atomic E-state index is 0.0671. The Hall–Kier alpha value is -2.34. The van der Waals surface area contributed by atoms with Gasteiger partial charge in [-0.2, -0.15) is 0 Å². The fraction of sp³-hybridized carbons (Fsp3) is 0.278. The summed E-state index contributed by atoms with van der Waals surface area (Å²) in [5.41, 5.74) is 2.85. The van der Waals surface area contributed by atoms with Crippen LogP contribution >= 0.6 is 0 Å². The van der Waals surface area contributed by atoms with Gasteiger partial charge in [-0.1, -0.05) is 35.9 Å². The van der Waals surface area contributed by atoms with Gasteiger partial charge >= 0.3 is 5.97 Å². The average molecular weight is 347 g/mol. The van der Waals surface area contributed by atoms with E-state index in [0.29, 0.717) is 5.69 Å². The Balaban J connectivity index is 2.75. The van der Waals surface area contributed by atoms with Gasteiger partial charge in [-0.3, -0.25) is 4.31 Å². The molecule has 0 spiro atoms. The summed E-state index contributed by atoms with van der Waals surface area (Å²) in [6, 6.07) is 10.4. The maximum absolute atomic E-state index is 13.1. The van der Waals surface area contributed by atoms with E-state index < -0.39 is 22.0 Å². The molecule has 0 fully saturated rings. The molecule has 0 radical (unpaired) electrons. The maximum atomic E-state index is 13.1. The van der Waals surface area contributed by atoms with Gasteiger partial charge in [0, 0.05) is 0 Å². The van der Waals surface area contributed by atoms with E-state index in [1.165, 1.54) is 19.1 Å². The molecule has 0 aliphatic carbocycles. The predicted molar refractivity (Wildman–Crippen MR) is 93.9 cm³/mol. The van der Waals surface area contributed by atoms with Gasteiger partial charge in [-0.25, -0.2) is 13.2 Å². The predicted octanol–water partition coefficient (Wildman–Crippen LogP) is 3.28. The molecule has 0 saturated carbocycles. The van der Waals surface area contributed by atoms with Gasteiger partial charge in [-0.15, -0.1) is 0 Å². The number of aliphatic carboxylic acids is 1. The Labute approximate surface area is 142 Å². The number of carboxylic acid groups (broad SMARTS) is 1. The number of nitrogens with zero attached hydrogens (tertiary/aromatic N) is 1. The highest BCUT2D eigenvalue weighted by molar-refractivity contribution is 7.93. The molecule has 0 aromatic heterocycles. The molecule has 5 nitrogen and oxygen atoms in total. The van der Waals surface area contributed by atoms with Crippen LogP contribution in [-0.2, 0) is 14.8 Å². The number of sulfonamides is 1. The van der Waals surface area contributed by atoms with E-state index in [-0.39, 0.29) is 4.90 Å². The first kappa shape index (κ1) is 18.0. The minimum Gasteiger partial charge on any atom is -0.480 e. The highest BCUT2D eigenvalue weighted by Crippen LogP contribution is 2.33. The lowest BCUT2D eigenvalue weighted by molar-refractivity contribution is -0.137. The standard InChI is InChI=1S/C18H21NO4S/c1-12-10-13(2)17(14(3)11-12)19(15(4)18(20)21)24(22,23)16-8-6-5-7-9-16/h5-11,15H,1-4H3,(H,20,21). The Morgan fingerprint density at radius 1 is 1.04 bits per heavy atom. The van der Waals surface area contributed by atoms with E-state index in [0.717, 1.165) is 21.0 Å². The monoisotopic (exact) mass is 347 g/mol. The van der Waals surface area contributed by atoms with Crippen molar-refractivity contribution in [1.82, 2.24) is 0 Å². The lowest BCUT2D eigenvalue weighted by atomic mass is 10.0. The van der Waals surface area contributed by atoms with Crippen molar-refractivity contribution in [3.05, 3.63) is 59.2 Å². The Bertz CT molecular complexity index is 837. The summed E-state index contributed by atoms with van der Waals surface area (Å²) in [4.78, 5) is 11.6. The van der Waals surface area contributed by atoms with Crippen molar-refractivity contribution in [3.8, 4) is 0 Å². The van der Waals surface area contributed by atoms with E-state index in [1.807, 2.05) is 19.1 Å². The summed E-state index contributed by atoms with van der Waals surface area (Å²) in [5, 5.41) is 9.45. The van der Waals surface area contributed by atoms with Crippen LogP contribution in [0.3, 0.4) is 0 Å². The van der Waals surface area contributed by atoms with Crippen LogP contribution in [0.2, 0.25) is 0 Å². The zero-order valence-corrected chi connectivity index (χ0v) is 15.0. The van der Waals surface area contributed by atoms with Crippen LogP contribution in [0.15, 0.2) is 47.4 Å². The fourth-order valence-corrected chi connectivity index (χ4v) is 4.61. The van der Waals surface area contributed by atoms with Crippen molar-refractivity contribution in [3.63, 3.8) is 0 Å². The van der Waals surface area contributed by atoms with Gasteiger partial charge in [0.2, 0.25) is 0 Å². The number of rotatable bonds is 5. The summed E-state index contributed by atoms with van der Waals surface area (Å²) in [5.74, 6) is -1.20. The minimum atomic E-state index is -4.00. The van der Waals surface area contributed by atoms with E-state index in [2.05, 4.69) is 0 Å². The summed E-state index contributed by atoms with van der Waals surface area (Å²) < 4.78 is 27.3. The van der Waals surface area contributed by atoms with Gasteiger partial charge in [-0.05, 0) is 51.0 Å². The zero-order valence-electron chi connectivity index (χ0n) is 14.1. The Morgan fingerprint density at radius 3 is 2.00 bits per heavy atom. The Morgan fingerprint density at radius 2 is 1.54 bits per heavy atom. The SMILES string of the molecule is Cc1cc(C)c(N(C(C)C(=O)O)S(=O)(=O)c2ccccc2)c(C)c1. The first-order valence-corrected chi connectivity index (χ1v) is 9.00. The lowest BCUT2D eigenvalue weighted by Gasteiger charge is -2.31. The molecule has 2 aromatic carbocycles. The molecule has 128 valence electrons. The van der Waals surface area contributed by atoms with Crippen molar-refractivity contribution in [2.45, 2.75) is 38.6 Å². The van der Waals surface area contributed by atoms with Crippen molar-refractivity contribution in [2.24, 2.45) is 0 Å². The average Bonchev–Trinajstić information content (AvgIpc) is 2.50. The lowest BCUT2D eigenvalue weighted by Crippen LogP contribution is -2.44. The van der Waals surface area contributed by atoms with E-state index in [4.69, 9.17) is 0 Å². The molecular formula is C18H21NO4S. The summed E-state index contributed by atoms with van der Waals surface area (Å²) in [6.07, 6.45) is 0. The summed E-state index contributed by atoms with van der Waals surface area (Å²) in [7, 11) is -4.00. The fourth-order valence-electron chi connectivity index (χ4n) is 2.85. The van der Waals surface area contributed by atoms with E-state index in [9.17, 15) is 18.3 Å². The van der Waals surface area contributed by atoms with E-state index >= 15 is 0 Å². The maximum Gasteiger partial charge on any atom is 0.327 e. The van der Waals surface area contributed by atoms with Gasteiger partial charge < -0.3 is 5.11 Å². The summed E-state index contributed by atoms with van der Waals surface area (Å²) >= 11 is 0. The molecule has 0 saturated heterocycles. The summed E-state index contributed by atoms with van der Waals surface area (Å²) in [6.45, 7) is 6.87. The third-order valence-corrected chi connectivity index (χ3v) is 5.75. The Kier molecular flexibility index (Phi) is 4.99. The molecular weight excluding hydrogens is 326 g/mol. The van der Waals surface area contributed by atoms with Crippen LogP contribution in [-0.4, -0.2) is 25.5 Å². The van der Waals surface area contributed by atoms with Gasteiger partial charge in [0.1, 0.15) is 6.04 Å².